The zero-order valence-corrected chi connectivity index (χ0v) is 15.1. The number of aromatic nitrogens is 3. The molecule has 0 atom stereocenters. The molecule has 140 valence electrons. The molecule has 0 aliphatic carbocycles. The zero-order valence-electron chi connectivity index (χ0n) is 15.1. The van der Waals surface area contributed by atoms with Crippen LogP contribution >= 0.6 is 0 Å². The molecule has 1 aliphatic heterocycles. The summed E-state index contributed by atoms with van der Waals surface area (Å²) in [5.74, 6) is 2.16. The van der Waals surface area contributed by atoms with Crippen LogP contribution in [0.2, 0.25) is 0 Å². The minimum absolute atomic E-state index is 0.542. The molecule has 1 aromatic heterocycles. The van der Waals surface area contributed by atoms with Gasteiger partial charge in [-0.2, -0.15) is 10.1 Å². The summed E-state index contributed by atoms with van der Waals surface area (Å²) in [6.45, 7) is 6.04. The Morgan fingerprint density at radius 3 is 2.85 bits per heavy atom. The van der Waals surface area contributed by atoms with Crippen LogP contribution in [0.4, 0.5) is 11.8 Å². The van der Waals surface area contributed by atoms with E-state index in [4.69, 9.17) is 9.47 Å². The Balaban J connectivity index is 1.43. The first-order valence-corrected chi connectivity index (χ1v) is 8.94. The number of ether oxygens (including phenoxy) is 2. The second-order valence-electron chi connectivity index (χ2n) is 6.03. The number of anilines is 2. The lowest BCUT2D eigenvalue weighted by atomic mass is 10.1. The number of hydrogen-bond acceptors (Lipinski definition) is 8. The van der Waals surface area contributed by atoms with Crippen LogP contribution in [0, 0.1) is 0 Å². The third-order valence-electron chi connectivity index (χ3n) is 4.27. The quantitative estimate of drug-likeness (QED) is 0.693. The van der Waals surface area contributed by atoms with Crippen molar-refractivity contribution in [1.82, 2.24) is 20.1 Å². The van der Waals surface area contributed by atoms with E-state index in [0.29, 0.717) is 11.8 Å². The SMILES string of the molecule is COc1ccccc1CCNc1cnnc(NCCN2CCOCC2)n1. The molecule has 2 N–H and O–H groups in total. The van der Waals surface area contributed by atoms with Crippen molar-refractivity contribution in [1.29, 1.82) is 0 Å². The molecule has 2 aromatic rings. The summed E-state index contributed by atoms with van der Waals surface area (Å²) in [7, 11) is 1.69. The van der Waals surface area contributed by atoms with E-state index in [-0.39, 0.29) is 0 Å². The standard InChI is InChI=1S/C18H26N6O2/c1-25-16-5-3-2-4-15(16)6-7-19-17-14-21-23-18(22-17)20-8-9-24-10-12-26-13-11-24/h2-5,14H,6-13H2,1H3,(H2,19,20,22,23). The molecule has 0 amide bonds. The van der Waals surface area contributed by atoms with Crippen molar-refractivity contribution in [3.63, 3.8) is 0 Å². The van der Waals surface area contributed by atoms with Gasteiger partial charge in [0.1, 0.15) is 5.75 Å². The molecule has 0 unspecified atom stereocenters. The topological polar surface area (TPSA) is 84.4 Å². The Labute approximate surface area is 153 Å². The smallest absolute Gasteiger partial charge is 0.244 e. The molecule has 2 heterocycles. The van der Waals surface area contributed by atoms with E-state index in [2.05, 4.69) is 36.8 Å². The molecule has 0 radical (unpaired) electrons. The van der Waals surface area contributed by atoms with Gasteiger partial charge in [0, 0.05) is 32.7 Å². The number of para-hydroxylation sites is 1. The lowest BCUT2D eigenvalue weighted by Crippen LogP contribution is -2.39. The third kappa shape index (κ3) is 5.53. The summed E-state index contributed by atoms with van der Waals surface area (Å²) in [5, 5.41) is 14.6. The molecule has 8 heteroatoms. The van der Waals surface area contributed by atoms with Crippen LogP contribution in [0.25, 0.3) is 0 Å². The Kier molecular flexibility index (Phi) is 6.97. The normalized spacial score (nSPS) is 14.8. The fourth-order valence-electron chi connectivity index (χ4n) is 2.85. The maximum Gasteiger partial charge on any atom is 0.244 e. The average molecular weight is 358 g/mol. The van der Waals surface area contributed by atoms with Crippen molar-refractivity contribution < 1.29 is 9.47 Å². The van der Waals surface area contributed by atoms with E-state index < -0.39 is 0 Å². The molecule has 3 rings (SSSR count). The van der Waals surface area contributed by atoms with Gasteiger partial charge in [-0.25, -0.2) is 0 Å². The van der Waals surface area contributed by atoms with Gasteiger partial charge in [0.2, 0.25) is 5.95 Å². The van der Waals surface area contributed by atoms with E-state index >= 15 is 0 Å². The van der Waals surface area contributed by atoms with Crippen molar-refractivity contribution >= 4 is 11.8 Å². The highest BCUT2D eigenvalue weighted by atomic mass is 16.5. The van der Waals surface area contributed by atoms with Gasteiger partial charge in [-0.1, -0.05) is 18.2 Å². The van der Waals surface area contributed by atoms with Crippen LogP contribution in [0.3, 0.4) is 0 Å². The van der Waals surface area contributed by atoms with Gasteiger partial charge in [-0.05, 0) is 18.1 Å². The molecule has 1 aliphatic rings. The Morgan fingerprint density at radius 1 is 1.15 bits per heavy atom. The number of rotatable bonds is 9. The number of methoxy groups -OCH3 is 1. The van der Waals surface area contributed by atoms with Crippen LogP contribution in [0.1, 0.15) is 5.56 Å². The monoisotopic (exact) mass is 358 g/mol. The van der Waals surface area contributed by atoms with Gasteiger partial charge in [0.05, 0.1) is 26.5 Å². The van der Waals surface area contributed by atoms with Crippen LogP contribution in [0.5, 0.6) is 5.75 Å². The predicted octanol–water partition coefficient (Wildman–Crippen LogP) is 1.28. The maximum atomic E-state index is 5.37. The molecule has 8 nitrogen and oxygen atoms in total. The van der Waals surface area contributed by atoms with Crippen molar-refractivity contribution in [3.8, 4) is 5.75 Å². The van der Waals surface area contributed by atoms with Gasteiger partial charge in [-0.15, -0.1) is 5.10 Å². The van der Waals surface area contributed by atoms with E-state index in [9.17, 15) is 0 Å². The first-order chi connectivity index (χ1) is 12.8. The van der Waals surface area contributed by atoms with Crippen LogP contribution in [0.15, 0.2) is 30.5 Å². The number of morpholine rings is 1. The predicted molar refractivity (Wildman–Crippen MR) is 101 cm³/mol. The number of hydrogen-bond donors (Lipinski definition) is 2. The number of benzene rings is 1. The second kappa shape index (κ2) is 9.88. The van der Waals surface area contributed by atoms with E-state index in [1.54, 1.807) is 13.3 Å². The molecule has 0 bridgehead atoms. The molecular formula is C18H26N6O2. The minimum Gasteiger partial charge on any atom is -0.496 e. The van der Waals surface area contributed by atoms with Crippen molar-refractivity contribution in [3.05, 3.63) is 36.0 Å². The van der Waals surface area contributed by atoms with Crippen LogP contribution in [-0.4, -0.2) is 73.1 Å². The molecule has 1 fully saturated rings. The van der Waals surface area contributed by atoms with Crippen LogP contribution < -0.4 is 15.4 Å². The van der Waals surface area contributed by atoms with Crippen molar-refractivity contribution in [2.24, 2.45) is 0 Å². The highest BCUT2D eigenvalue weighted by Gasteiger charge is 2.09. The van der Waals surface area contributed by atoms with E-state index in [1.807, 2.05) is 18.2 Å². The summed E-state index contributed by atoms with van der Waals surface area (Å²) in [4.78, 5) is 6.82. The average Bonchev–Trinajstić information content (AvgIpc) is 2.69. The maximum absolute atomic E-state index is 5.37. The Bertz CT molecular complexity index is 678. The second-order valence-corrected chi connectivity index (χ2v) is 6.03. The van der Waals surface area contributed by atoms with E-state index in [1.165, 1.54) is 0 Å². The minimum atomic E-state index is 0.542. The third-order valence-corrected chi connectivity index (χ3v) is 4.27. The first kappa shape index (κ1) is 18.3. The number of nitrogens with zero attached hydrogens (tertiary/aromatic N) is 4. The molecule has 0 saturated carbocycles. The highest BCUT2D eigenvalue weighted by molar-refractivity contribution is 5.38. The summed E-state index contributed by atoms with van der Waals surface area (Å²) in [5.41, 5.74) is 1.16. The fourth-order valence-corrected chi connectivity index (χ4v) is 2.85. The Hall–Kier alpha value is -2.45. The fraction of sp³-hybridized carbons (Fsp3) is 0.500. The van der Waals surface area contributed by atoms with Gasteiger partial charge in [-0.3, -0.25) is 4.90 Å². The van der Waals surface area contributed by atoms with Crippen LogP contribution in [-0.2, 0) is 11.2 Å². The van der Waals surface area contributed by atoms with Crippen molar-refractivity contribution in [2.75, 3.05) is 63.7 Å². The van der Waals surface area contributed by atoms with Crippen molar-refractivity contribution in [2.45, 2.75) is 6.42 Å². The lowest BCUT2D eigenvalue weighted by Gasteiger charge is -2.26. The van der Waals surface area contributed by atoms with Gasteiger partial charge in [0.15, 0.2) is 5.82 Å². The molecule has 0 spiro atoms. The summed E-state index contributed by atoms with van der Waals surface area (Å²) in [6.07, 6.45) is 2.48. The first-order valence-electron chi connectivity index (χ1n) is 8.94. The Morgan fingerprint density at radius 2 is 2.00 bits per heavy atom. The summed E-state index contributed by atoms with van der Waals surface area (Å²) < 4.78 is 10.7. The summed E-state index contributed by atoms with van der Waals surface area (Å²) in [6, 6.07) is 8.02. The van der Waals surface area contributed by atoms with Gasteiger partial charge >= 0.3 is 0 Å². The molecule has 26 heavy (non-hydrogen) atoms. The highest BCUT2D eigenvalue weighted by Crippen LogP contribution is 2.17. The summed E-state index contributed by atoms with van der Waals surface area (Å²) >= 11 is 0. The van der Waals surface area contributed by atoms with Gasteiger partial charge < -0.3 is 20.1 Å². The van der Waals surface area contributed by atoms with E-state index in [0.717, 1.165) is 63.7 Å². The number of nitrogens with one attached hydrogen (secondary N) is 2. The molecular weight excluding hydrogens is 332 g/mol. The largest absolute Gasteiger partial charge is 0.496 e. The molecule has 1 saturated heterocycles. The molecule has 1 aromatic carbocycles. The van der Waals surface area contributed by atoms with Gasteiger partial charge in [0.25, 0.3) is 0 Å². The zero-order chi connectivity index (χ0) is 18.0. The lowest BCUT2D eigenvalue weighted by molar-refractivity contribution is 0.0398.